The average Bonchev–Trinajstić information content (AvgIpc) is 2.96. The van der Waals surface area contributed by atoms with Crippen LogP contribution >= 0.6 is 11.3 Å². The van der Waals surface area contributed by atoms with Crippen LogP contribution in [0.25, 0.3) is 0 Å². The second kappa shape index (κ2) is 6.16. The molecule has 0 aliphatic carbocycles. The van der Waals surface area contributed by atoms with Gasteiger partial charge in [-0.05, 0) is 38.5 Å². The highest BCUT2D eigenvalue weighted by Gasteiger charge is 2.08. The van der Waals surface area contributed by atoms with Crippen molar-refractivity contribution >= 4 is 11.3 Å². The number of aryl methyl sites for hydroxylation is 2. The molecule has 2 aromatic rings. The molecule has 1 atom stereocenters. The topological polar surface area (TPSA) is 29.9 Å². The van der Waals surface area contributed by atoms with E-state index in [9.17, 15) is 0 Å². The van der Waals surface area contributed by atoms with Crippen molar-refractivity contribution in [3.63, 3.8) is 0 Å². The molecule has 2 aromatic heterocycles. The van der Waals surface area contributed by atoms with Gasteiger partial charge in [0.2, 0.25) is 0 Å². The van der Waals surface area contributed by atoms with Crippen molar-refractivity contribution in [3.05, 3.63) is 39.8 Å². The smallest absolute Gasteiger partial charge is 0.0522 e. The normalized spacial score (nSPS) is 12.8. The zero-order valence-corrected chi connectivity index (χ0v) is 12.1. The molecule has 0 saturated heterocycles. The number of nitrogens with one attached hydrogen (secondary N) is 1. The van der Waals surface area contributed by atoms with Gasteiger partial charge in [0.05, 0.1) is 5.69 Å². The molecule has 0 radical (unpaired) electrons. The predicted octanol–water partition coefficient (Wildman–Crippen LogP) is 3.51. The average molecular weight is 263 g/mol. The SMILES string of the molecule is CCCn1nccc1CNC(C)c1ccc(C)s1. The Morgan fingerprint density at radius 2 is 2.22 bits per heavy atom. The van der Waals surface area contributed by atoms with Crippen LogP contribution in [-0.4, -0.2) is 9.78 Å². The van der Waals surface area contributed by atoms with Gasteiger partial charge in [-0.15, -0.1) is 11.3 Å². The maximum Gasteiger partial charge on any atom is 0.0522 e. The van der Waals surface area contributed by atoms with E-state index >= 15 is 0 Å². The van der Waals surface area contributed by atoms with E-state index in [1.54, 1.807) is 0 Å². The standard InChI is InChI=1S/C14H21N3S/c1-4-9-17-13(7-8-16-17)10-15-12(3)14-6-5-11(2)18-14/h5-8,12,15H,4,9-10H2,1-3H3. The number of hydrogen-bond acceptors (Lipinski definition) is 3. The molecule has 98 valence electrons. The first kappa shape index (κ1) is 13.3. The molecule has 0 saturated carbocycles. The van der Waals surface area contributed by atoms with Crippen molar-refractivity contribution in [1.82, 2.24) is 15.1 Å². The van der Waals surface area contributed by atoms with Crippen molar-refractivity contribution in [2.45, 2.75) is 46.3 Å². The van der Waals surface area contributed by atoms with Crippen molar-refractivity contribution in [2.24, 2.45) is 0 Å². The minimum atomic E-state index is 0.397. The molecule has 4 heteroatoms. The Bertz CT molecular complexity index is 487. The number of rotatable bonds is 6. The van der Waals surface area contributed by atoms with E-state index < -0.39 is 0 Å². The van der Waals surface area contributed by atoms with E-state index in [-0.39, 0.29) is 0 Å². The van der Waals surface area contributed by atoms with Crippen LogP contribution in [0.5, 0.6) is 0 Å². The van der Waals surface area contributed by atoms with Gasteiger partial charge in [0, 0.05) is 35.1 Å². The molecule has 0 aliphatic rings. The zero-order chi connectivity index (χ0) is 13.0. The van der Waals surface area contributed by atoms with Crippen molar-refractivity contribution < 1.29 is 0 Å². The van der Waals surface area contributed by atoms with Crippen LogP contribution in [-0.2, 0) is 13.1 Å². The summed E-state index contributed by atoms with van der Waals surface area (Å²) in [6.45, 7) is 8.41. The fourth-order valence-electron chi connectivity index (χ4n) is 1.97. The molecule has 0 aromatic carbocycles. The number of hydrogen-bond donors (Lipinski definition) is 1. The molecule has 0 bridgehead atoms. The lowest BCUT2D eigenvalue weighted by Gasteiger charge is -2.13. The van der Waals surface area contributed by atoms with E-state index in [4.69, 9.17) is 0 Å². The van der Waals surface area contributed by atoms with Gasteiger partial charge in [0.1, 0.15) is 0 Å². The lowest BCUT2D eigenvalue weighted by molar-refractivity contribution is 0.520. The van der Waals surface area contributed by atoms with Gasteiger partial charge in [0.15, 0.2) is 0 Å². The third kappa shape index (κ3) is 3.21. The second-order valence-electron chi connectivity index (χ2n) is 4.60. The second-order valence-corrected chi connectivity index (χ2v) is 5.92. The van der Waals surface area contributed by atoms with Crippen LogP contribution in [0.4, 0.5) is 0 Å². The molecule has 2 rings (SSSR count). The molecule has 2 heterocycles. The third-order valence-corrected chi connectivity index (χ3v) is 4.20. The number of thiophene rings is 1. The minimum absolute atomic E-state index is 0.397. The maximum atomic E-state index is 4.34. The van der Waals surface area contributed by atoms with Crippen LogP contribution in [0.3, 0.4) is 0 Å². The molecule has 0 aliphatic heterocycles. The summed E-state index contributed by atoms with van der Waals surface area (Å²) in [5, 5.41) is 7.90. The van der Waals surface area contributed by atoms with Gasteiger partial charge in [0.25, 0.3) is 0 Å². The summed E-state index contributed by atoms with van der Waals surface area (Å²) in [5.41, 5.74) is 1.26. The molecule has 1 unspecified atom stereocenters. The minimum Gasteiger partial charge on any atom is -0.304 e. The van der Waals surface area contributed by atoms with Crippen molar-refractivity contribution in [3.8, 4) is 0 Å². The van der Waals surface area contributed by atoms with E-state index in [1.165, 1.54) is 15.4 Å². The summed E-state index contributed by atoms with van der Waals surface area (Å²) in [5.74, 6) is 0. The van der Waals surface area contributed by atoms with Gasteiger partial charge in [-0.25, -0.2) is 0 Å². The highest BCUT2D eigenvalue weighted by atomic mass is 32.1. The Morgan fingerprint density at radius 1 is 1.39 bits per heavy atom. The van der Waals surface area contributed by atoms with E-state index in [1.807, 2.05) is 17.5 Å². The summed E-state index contributed by atoms with van der Waals surface area (Å²) in [6.07, 6.45) is 3.00. The lowest BCUT2D eigenvalue weighted by atomic mass is 10.2. The summed E-state index contributed by atoms with van der Waals surface area (Å²) in [7, 11) is 0. The maximum absolute atomic E-state index is 4.34. The van der Waals surface area contributed by atoms with Crippen LogP contribution in [0.1, 0.15) is 41.8 Å². The largest absolute Gasteiger partial charge is 0.304 e. The van der Waals surface area contributed by atoms with E-state index in [0.29, 0.717) is 6.04 Å². The Labute approximate surface area is 113 Å². The van der Waals surface area contributed by atoms with Gasteiger partial charge in [-0.3, -0.25) is 4.68 Å². The van der Waals surface area contributed by atoms with Gasteiger partial charge >= 0.3 is 0 Å². The van der Waals surface area contributed by atoms with E-state index in [2.05, 4.69) is 54.1 Å². The molecule has 3 nitrogen and oxygen atoms in total. The molecule has 0 spiro atoms. The molecule has 0 amide bonds. The highest BCUT2D eigenvalue weighted by molar-refractivity contribution is 7.12. The summed E-state index contributed by atoms with van der Waals surface area (Å²) in [6, 6.07) is 6.88. The van der Waals surface area contributed by atoms with Crippen molar-refractivity contribution in [2.75, 3.05) is 0 Å². The Balaban J connectivity index is 1.92. The van der Waals surface area contributed by atoms with Crippen LogP contribution in [0, 0.1) is 6.92 Å². The van der Waals surface area contributed by atoms with Crippen molar-refractivity contribution in [1.29, 1.82) is 0 Å². The van der Waals surface area contributed by atoms with Gasteiger partial charge in [-0.1, -0.05) is 6.92 Å². The lowest BCUT2D eigenvalue weighted by Crippen LogP contribution is -2.19. The fourth-order valence-corrected chi connectivity index (χ4v) is 2.87. The quantitative estimate of drug-likeness (QED) is 0.864. The monoisotopic (exact) mass is 263 g/mol. The first-order valence-electron chi connectivity index (χ1n) is 6.51. The fraction of sp³-hybridized carbons (Fsp3) is 0.500. The summed E-state index contributed by atoms with van der Waals surface area (Å²) < 4.78 is 2.08. The van der Waals surface area contributed by atoms with Crippen LogP contribution in [0.15, 0.2) is 24.4 Å². The molecular formula is C14H21N3S. The molecule has 18 heavy (non-hydrogen) atoms. The first-order chi connectivity index (χ1) is 8.70. The van der Waals surface area contributed by atoms with Gasteiger partial charge in [-0.2, -0.15) is 5.10 Å². The van der Waals surface area contributed by atoms with Crippen LogP contribution in [0.2, 0.25) is 0 Å². The number of nitrogens with zero attached hydrogens (tertiary/aromatic N) is 2. The number of aromatic nitrogens is 2. The predicted molar refractivity (Wildman–Crippen MR) is 76.8 cm³/mol. The Hall–Kier alpha value is -1.13. The summed E-state index contributed by atoms with van der Waals surface area (Å²) >= 11 is 1.86. The Morgan fingerprint density at radius 3 is 2.89 bits per heavy atom. The molecular weight excluding hydrogens is 242 g/mol. The third-order valence-electron chi connectivity index (χ3n) is 3.02. The first-order valence-corrected chi connectivity index (χ1v) is 7.32. The summed E-state index contributed by atoms with van der Waals surface area (Å²) in [4.78, 5) is 2.77. The molecule has 0 fully saturated rings. The zero-order valence-electron chi connectivity index (χ0n) is 11.3. The van der Waals surface area contributed by atoms with E-state index in [0.717, 1.165) is 19.5 Å². The Kier molecular flexibility index (Phi) is 4.55. The highest BCUT2D eigenvalue weighted by Crippen LogP contribution is 2.22. The van der Waals surface area contributed by atoms with Crippen LogP contribution < -0.4 is 5.32 Å². The molecule has 1 N–H and O–H groups in total. The van der Waals surface area contributed by atoms with Gasteiger partial charge < -0.3 is 5.32 Å².